The Hall–Kier alpha value is -2.79. The molecule has 0 aliphatic heterocycles. The molecule has 0 bridgehead atoms. The fourth-order valence-electron chi connectivity index (χ4n) is 3.57. The molecule has 0 aliphatic rings. The molecule has 0 radical (unpaired) electrons. The lowest BCUT2D eigenvalue weighted by molar-refractivity contribution is 0.151. The van der Waals surface area contributed by atoms with Gasteiger partial charge >= 0.3 is 5.63 Å². The highest BCUT2D eigenvalue weighted by atomic mass is 16.4. The second-order valence-corrected chi connectivity index (χ2v) is 7.01. The van der Waals surface area contributed by atoms with E-state index < -0.39 is 11.7 Å². The van der Waals surface area contributed by atoms with Gasteiger partial charge in [-0.15, -0.1) is 0 Å². The summed E-state index contributed by atoms with van der Waals surface area (Å²) in [5, 5.41) is 11.6. The predicted octanol–water partition coefficient (Wildman–Crippen LogP) is 4.20. The summed E-state index contributed by atoms with van der Waals surface area (Å²) >= 11 is 0. The van der Waals surface area contributed by atoms with Gasteiger partial charge in [-0.1, -0.05) is 30.3 Å². The fraction of sp³-hybridized carbons (Fsp3) is 0.348. The Balaban J connectivity index is 2.00. The van der Waals surface area contributed by atoms with Gasteiger partial charge in [0.1, 0.15) is 5.58 Å². The number of hydrogen-bond acceptors (Lipinski definition) is 5. The second-order valence-electron chi connectivity index (χ2n) is 7.01. The van der Waals surface area contributed by atoms with Gasteiger partial charge in [0.2, 0.25) is 0 Å². The van der Waals surface area contributed by atoms with Gasteiger partial charge in [0.25, 0.3) is 0 Å². The summed E-state index contributed by atoms with van der Waals surface area (Å²) in [7, 11) is 1.89. The molecular formula is C23H28N2O3. The molecule has 148 valence electrons. The third kappa shape index (κ3) is 3.90. The minimum atomic E-state index is -0.677. The van der Waals surface area contributed by atoms with Crippen LogP contribution < -0.4 is 15.4 Å². The minimum Gasteiger partial charge on any atom is -0.423 e. The van der Waals surface area contributed by atoms with E-state index in [0.717, 1.165) is 35.4 Å². The Bertz CT molecular complexity index is 980. The van der Waals surface area contributed by atoms with Gasteiger partial charge < -0.3 is 19.3 Å². The van der Waals surface area contributed by atoms with E-state index in [-0.39, 0.29) is 6.04 Å². The van der Waals surface area contributed by atoms with E-state index in [4.69, 9.17) is 4.42 Å². The molecule has 1 aromatic heterocycles. The van der Waals surface area contributed by atoms with E-state index in [9.17, 15) is 9.90 Å². The smallest absolute Gasteiger partial charge is 0.338 e. The van der Waals surface area contributed by atoms with Gasteiger partial charge in [-0.25, -0.2) is 4.79 Å². The first-order chi connectivity index (χ1) is 13.5. The van der Waals surface area contributed by atoms with Crippen LogP contribution in [-0.2, 0) is 0 Å². The molecule has 2 atom stereocenters. The van der Waals surface area contributed by atoms with E-state index >= 15 is 0 Å². The van der Waals surface area contributed by atoms with Crippen molar-refractivity contribution in [2.75, 3.05) is 29.9 Å². The van der Waals surface area contributed by atoms with Gasteiger partial charge in [-0.05, 0) is 38.5 Å². The van der Waals surface area contributed by atoms with Crippen LogP contribution in [0.15, 0.2) is 63.8 Å². The first-order valence-corrected chi connectivity index (χ1v) is 9.75. The van der Waals surface area contributed by atoms with E-state index in [1.807, 2.05) is 67.4 Å². The molecule has 0 saturated carbocycles. The first-order valence-electron chi connectivity index (χ1n) is 9.75. The molecule has 5 nitrogen and oxygen atoms in total. The Morgan fingerprint density at radius 2 is 1.71 bits per heavy atom. The monoisotopic (exact) mass is 380 g/mol. The van der Waals surface area contributed by atoms with Gasteiger partial charge in [-0.3, -0.25) is 0 Å². The Morgan fingerprint density at radius 1 is 1.04 bits per heavy atom. The minimum absolute atomic E-state index is 0.227. The van der Waals surface area contributed by atoms with Crippen molar-refractivity contribution in [3.63, 3.8) is 0 Å². The fourth-order valence-corrected chi connectivity index (χ4v) is 3.57. The number of fused-ring (bicyclic) bond motifs is 1. The lowest BCUT2D eigenvalue weighted by atomic mass is 10.0. The molecule has 0 unspecified atom stereocenters. The Kier molecular flexibility index (Phi) is 6.05. The SMILES string of the molecule is CCN(CC)c1ccc2c(N(C)[C@@H](C)[C@H](O)c3ccccc3)cc(=O)oc2c1. The predicted molar refractivity (Wildman–Crippen MR) is 115 cm³/mol. The summed E-state index contributed by atoms with van der Waals surface area (Å²) < 4.78 is 5.49. The van der Waals surface area contributed by atoms with Gasteiger partial charge in [0, 0.05) is 43.3 Å². The number of aliphatic hydroxyl groups excluding tert-OH is 1. The van der Waals surface area contributed by atoms with Crippen LogP contribution in [0.2, 0.25) is 0 Å². The topological polar surface area (TPSA) is 56.9 Å². The van der Waals surface area contributed by atoms with Crippen molar-refractivity contribution in [3.05, 3.63) is 70.6 Å². The van der Waals surface area contributed by atoms with Crippen molar-refractivity contribution in [3.8, 4) is 0 Å². The summed E-state index contributed by atoms with van der Waals surface area (Å²) in [5.74, 6) is 0. The normalized spacial score (nSPS) is 13.3. The number of anilines is 2. The highest BCUT2D eigenvalue weighted by molar-refractivity contribution is 5.92. The van der Waals surface area contributed by atoms with Gasteiger partial charge in [-0.2, -0.15) is 0 Å². The highest BCUT2D eigenvalue weighted by Crippen LogP contribution is 2.31. The van der Waals surface area contributed by atoms with Crippen LogP contribution in [0.1, 0.15) is 32.4 Å². The molecule has 0 spiro atoms. The number of hydrogen-bond donors (Lipinski definition) is 1. The molecule has 0 fully saturated rings. The van der Waals surface area contributed by atoms with E-state index in [0.29, 0.717) is 5.58 Å². The van der Waals surface area contributed by atoms with Gasteiger partial charge in [0.15, 0.2) is 0 Å². The summed E-state index contributed by atoms with van der Waals surface area (Å²) in [6.07, 6.45) is -0.677. The van der Waals surface area contributed by atoms with Crippen LogP contribution in [0, 0.1) is 0 Å². The zero-order chi connectivity index (χ0) is 20.3. The maximum atomic E-state index is 12.2. The standard InChI is InChI=1S/C23H28N2O3/c1-5-25(6-2)18-12-13-19-20(15-22(26)28-21(19)14-18)24(4)16(3)23(27)17-10-8-7-9-11-17/h7-16,23,27H,5-6H2,1-4H3/t16-,23-/m0/s1. The van der Waals surface area contributed by atoms with Crippen LogP contribution in [0.4, 0.5) is 11.4 Å². The Morgan fingerprint density at radius 3 is 2.36 bits per heavy atom. The van der Waals surface area contributed by atoms with Crippen LogP contribution in [0.25, 0.3) is 11.0 Å². The lowest BCUT2D eigenvalue weighted by Gasteiger charge is -2.31. The lowest BCUT2D eigenvalue weighted by Crippen LogP contribution is -2.35. The largest absolute Gasteiger partial charge is 0.423 e. The summed E-state index contributed by atoms with van der Waals surface area (Å²) in [5.41, 5.74) is 2.78. The molecule has 1 N–H and O–H groups in total. The zero-order valence-corrected chi connectivity index (χ0v) is 16.9. The summed E-state index contributed by atoms with van der Waals surface area (Å²) in [4.78, 5) is 16.4. The van der Waals surface area contributed by atoms with Gasteiger partial charge in [0.05, 0.1) is 17.8 Å². The Labute approximate surface area is 165 Å². The molecule has 0 amide bonds. The maximum absolute atomic E-state index is 12.2. The average Bonchev–Trinajstić information content (AvgIpc) is 2.72. The summed E-state index contributed by atoms with van der Waals surface area (Å²) in [6, 6.07) is 16.8. The number of benzene rings is 2. The molecule has 1 heterocycles. The highest BCUT2D eigenvalue weighted by Gasteiger charge is 2.23. The third-order valence-corrected chi connectivity index (χ3v) is 5.42. The number of nitrogens with zero attached hydrogens (tertiary/aromatic N) is 2. The van der Waals surface area contributed by atoms with Crippen molar-refractivity contribution in [1.29, 1.82) is 0 Å². The maximum Gasteiger partial charge on any atom is 0.338 e. The van der Waals surface area contributed by atoms with E-state index in [1.54, 1.807) is 0 Å². The molecule has 5 heteroatoms. The molecule has 3 rings (SSSR count). The number of rotatable bonds is 7. The summed E-state index contributed by atoms with van der Waals surface area (Å²) in [6.45, 7) is 7.90. The van der Waals surface area contributed by atoms with Crippen molar-refractivity contribution in [2.24, 2.45) is 0 Å². The van der Waals surface area contributed by atoms with Crippen molar-refractivity contribution in [1.82, 2.24) is 0 Å². The molecule has 2 aromatic carbocycles. The molecule has 0 saturated heterocycles. The molecule has 28 heavy (non-hydrogen) atoms. The van der Waals surface area contributed by atoms with E-state index in [2.05, 4.69) is 18.7 Å². The quantitative estimate of drug-likeness (QED) is 0.623. The molecule has 0 aliphatic carbocycles. The van der Waals surface area contributed by atoms with Crippen molar-refractivity contribution < 1.29 is 9.52 Å². The van der Waals surface area contributed by atoms with Crippen LogP contribution >= 0.6 is 0 Å². The average molecular weight is 380 g/mol. The second kappa shape index (κ2) is 8.48. The van der Waals surface area contributed by atoms with Crippen LogP contribution in [0.5, 0.6) is 0 Å². The van der Waals surface area contributed by atoms with Crippen molar-refractivity contribution in [2.45, 2.75) is 32.9 Å². The van der Waals surface area contributed by atoms with Crippen LogP contribution in [-0.4, -0.2) is 31.3 Å². The first kappa shape index (κ1) is 20.0. The molecular weight excluding hydrogens is 352 g/mol. The molecule has 3 aromatic rings. The zero-order valence-electron chi connectivity index (χ0n) is 16.9. The van der Waals surface area contributed by atoms with E-state index in [1.165, 1.54) is 6.07 Å². The number of aliphatic hydroxyl groups is 1. The van der Waals surface area contributed by atoms with Crippen molar-refractivity contribution >= 4 is 22.3 Å². The number of likely N-dealkylation sites (N-methyl/N-ethyl adjacent to an activating group) is 1. The van der Waals surface area contributed by atoms with Crippen LogP contribution in [0.3, 0.4) is 0 Å². The third-order valence-electron chi connectivity index (χ3n) is 5.42.